The van der Waals surface area contributed by atoms with Crippen LogP contribution in [-0.4, -0.2) is 22.0 Å². The van der Waals surface area contributed by atoms with Gasteiger partial charge in [-0.05, 0) is 30.7 Å². The monoisotopic (exact) mass is 288 g/mol. The summed E-state index contributed by atoms with van der Waals surface area (Å²) >= 11 is 1.30. The molecule has 0 atom stereocenters. The highest BCUT2D eigenvalue weighted by Gasteiger charge is 2.08. The van der Waals surface area contributed by atoms with Crippen LogP contribution in [0.3, 0.4) is 0 Å². The predicted molar refractivity (Wildman–Crippen MR) is 77.9 cm³/mol. The van der Waals surface area contributed by atoms with Gasteiger partial charge in [-0.3, -0.25) is 4.79 Å². The average Bonchev–Trinajstić information content (AvgIpc) is 2.88. The lowest BCUT2D eigenvalue weighted by atomic mass is 10.2. The topological polar surface area (TPSA) is 79.3 Å². The van der Waals surface area contributed by atoms with E-state index < -0.39 is 5.97 Å². The van der Waals surface area contributed by atoms with Gasteiger partial charge in [0, 0.05) is 22.5 Å². The van der Waals surface area contributed by atoms with Crippen molar-refractivity contribution in [1.29, 1.82) is 0 Å². The molecule has 0 radical (unpaired) electrons. The molecular weight excluding hydrogens is 276 g/mol. The van der Waals surface area contributed by atoms with Crippen molar-refractivity contribution < 1.29 is 14.7 Å². The first-order valence-corrected chi connectivity index (χ1v) is 6.66. The van der Waals surface area contributed by atoms with E-state index in [1.807, 2.05) is 13.0 Å². The molecule has 0 saturated heterocycles. The Morgan fingerprint density at radius 1 is 1.40 bits per heavy atom. The summed E-state index contributed by atoms with van der Waals surface area (Å²) in [6.07, 6.45) is 4.16. The normalized spacial score (nSPS) is 10.7. The fraction of sp³-hybridized carbons (Fsp3) is 0.0714. The summed E-state index contributed by atoms with van der Waals surface area (Å²) in [7, 11) is 0. The van der Waals surface area contributed by atoms with E-state index in [9.17, 15) is 9.59 Å². The summed E-state index contributed by atoms with van der Waals surface area (Å²) in [4.78, 5) is 27.2. The van der Waals surface area contributed by atoms with Crippen LogP contribution >= 0.6 is 11.3 Å². The maximum Gasteiger partial charge on any atom is 0.328 e. The summed E-state index contributed by atoms with van der Waals surface area (Å²) in [5.41, 5.74) is 1.49. The number of pyridine rings is 1. The third-order valence-electron chi connectivity index (χ3n) is 2.43. The minimum Gasteiger partial charge on any atom is -0.478 e. The Bertz CT molecular complexity index is 659. The van der Waals surface area contributed by atoms with Crippen LogP contribution in [0.15, 0.2) is 35.9 Å². The number of hydrogen-bond donors (Lipinski definition) is 2. The Labute approximate surface area is 119 Å². The van der Waals surface area contributed by atoms with Crippen molar-refractivity contribution in [2.24, 2.45) is 0 Å². The molecule has 0 bridgehead atoms. The summed E-state index contributed by atoms with van der Waals surface area (Å²) in [6, 6.07) is 5.22. The highest BCUT2D eigenvalue weighted by atomic mass is 32.1. The van der Waals surface area contributed by atoms with Crippen molar-refractivity contribution in [3.63, 3.8) is 0 Å². The Hall–Kier alpha value is -2.47. The minimum absolute atomic E-state index is 0.271. The van der Waals surface area contributed by atoms with Gasteiger partial charge in [0.1, 0.15) is 5.82 Å². The number of aromatic nitrogens is 1. The fourth-order valence-electron chi connectivity index (χ4n) is 1.44. The first-order chi connectivity index (χ1) is 9.54. The van der Waals surface area contributed by atoms with E-state index in [-0.39, 0.29) is 5.91 Å². The molecule has 0 aliphatic rings. The SMILES string of the molecule is Cc1ccc(NC(=O)c2csc(C=CC(=O)O)c2)nc1. The average molecular weight is 288 g/mol. The second kappa shape index (κ2) is 6.12. The molecular formula is C14H12N2O3S. The van der Waals surface area contributed by atoms with Gasteiger partial charge in [-0.2, -0.15) is 0 Å². The van der Waals surface area contributed by atoms with Gasteiger partial charge in [0.2, 0.25) is 0 Å². The van der Waals surface area contributed by atoms with Gasteiger partial charge < -0.3 is 10.4 Å². The molecule has 1 amide bonds. The Kier molecular flexibility index (Phi) is 4.27. The summed E-state index contributed by atoms with van der Waals surface area (Å²) in [5, 5.41) is 12.9. The molecule has 6 heteroatoms. The summed E-state index contributed by atoms with van der Waals surface area (Å²) < 4.78 is 0. The molecule has 0 aliphatic heterocycles. The van der Waals surface area contributed by atoms with Crippen LogP contribution in [0.4, 0.5) is 5.82 Å². The standard InChI is InChI=1S/C14H12N2O3S/c1-9-2-4-12(15-7-9)16-14(19)10-6-11(20-8-10)3-5-13(17)18/h2-8H,1H3,(H,17,18)(H,15,16,19). The lowest BCUT2D eigenvalue weighted by Gasteiger charge is -2.02. The highest BCUT2D eigenvalue weighted by Crippen LogP contribution is 2.17. The molecule has 2 aromatic heterocycles. The Morgan fingerprint density at radius 2 is 2.20 bits per heavy atom. The molecule has 2 aromatic rings. The highest BCUT2D eigenvalue weighted by molar-refractivity contribution is 7.11. The number of hydrogen-bond acceptors (Lipinski definition) is 4. The van der Waals surface area contributed by atoms with E-state index in [4.69, 9.17) is 5.11 Å². The van der Waals surface area contributed by atoms with E-state index in [0.717, 1.165) is 11.6 Å². The fourth-order valence-corrected chi connectivity index (χ4v) is 2.22. The van der Waals surface area contributed by atoms with E-state index >= 15 is 0 Å². The zero-order valence-electron chi connectivity index (χ0n) is 10.7. The van der Waals surface area contributed by atoms with Crippen LogP contribution in [-0.2, 0) is 4.79 Å². The van der Waals surface area contributed by atoms with Crippen LogP contribution < -0.4 is 5.32 Å². The smallest absolute Gasteiger partial charge is 0.328 e. The molecule has 2 rings (SSSR count). The quantitative estimate of drug-likeness (QED) is 0.848. The second-order valence-electron chi connectivity index (χ2n) is 4.08. The van der Waals surface area contributed by atoms with Gasteiger partial charge in [0.05, 0.1) is 5.56 Å². The number of carboxylic acids is 1. The Balaban J connectivity index is 2.06. The molecule has 102 valence electrons. The number of carboxylic acid groups (broad SMARTS) is 1. The van der Waals surface area contributed by atoms with E-state index in [1.54, 1.807) is 23.7 Å². The van der Waals surface area contributed by atoms with Gasteiger partial charge in [0.15, 0.2) is 0 Å². The van der Waals surface area contributed by atoms with Gasteiger partial charge in [-0.1, -0.05) is 6.07 Å². The van der Waals surface area contributed by atoms with E-state index in [1.165, 1.54) is 17.4 Å². The molecule has 0 saturated carbocycles. The molecule has 5 nitrogen and oxygen atoms in total. The molecule has 2 heterocycles. The summed E-state index contributed by atoms with van der Waals surface area (Å²) in [6.45, 7) is 1.92. The Morgan fingerprint density at radius 3 is 2.85 bits per heavy atom. The number of amides is 1. The minimum atomic E-state index is -1.02. The van der Waals surface area contributed by atoms with Crippen molar-refractivity contribution >= 4 is 35.1 Å². The number of aryl methyl sites for hydroxylation is 1. The number of nitrogens with one attached hydrogen (secondary N) is 1. The molecule has 2 N–H and O–H groups in total. The predicted octanol–water partition coefficient (Wildman–Crippen LogP) is 2.80. The molecule has 0 aromatic carbocycles. The molecule has 20 heavy (non-hydrogen) atoms. The van der Waals surface area contributed by atoms with Crippen molar-refractivity contribution in [1.82, 2.24) is 4.98 Å². The van der Waals surface area contributed by atoms with Crippen LogP contribution in [0.1, 0.15) is 20.8 Å². The number of aliphatic carboxylic acids is 1. The van der Waals surface area contributed by atoms with Gasteiger partial charge in [-0.25, -0.2) is 9.78 Å². The number of carbonyl (C=O) groups is 2. The van der Waals surface area contributed by atoms with Crippen molar-refractivity contribution in [2.45, 2.75) is 6.92 Å². The zero-order valence-corrected chi connectivity index (χ0v) is 11.5. The van der Waals surface area contributed by atoms with Crippen LogP contribution in [0, 0.1) is 6.92 Å². The van der Waals surface area contributed by atoms with Crippen LogP contribution in [0.5, 0.6) is 0 Å². The maximum atomic E-state index is 12.0. The number of rotatable bonds is 4. The third kappa shape index (κ3) is 3.76. The lowest BCUT2D eigenvalue weighted by Crippen LogP contribution is -2.11. The van der Waals surface area contributed by atoms with Gasteiger partial charge in [-0.15, -0.1) is 11.3 Å². The van der Waals surface area contributed by atoms with Gasteiger partial charge >= 0.3 is 5.97 Å². The number of nitrogens with zero attached hydrogens (tertiary/aromatic N) is 1. The van der Waals surface area contributed by atoms with Crippen molar-refractivity contribution in [3.8, 4) is 0 Å². The number of thiophene rings is 1. The third-order valence-corrected chi connectivity index (χ3v) is 3.32. The van der Waals surface area contributed by atoms with Crippen molar-refractivity contribution in [3.05, 3.63) is 51.9 Å². The zero-order chi connectivity index (χ0) is 14.5. The number of anilines is 1. The lowest BCUT2D eigenvalue weighted by molar-refractivity contribution is -0.131. The van der Waals surface area contributed by atoms with Gasteiger partial charge in [0.25, 0.3) is 5.91 Å². The molecule has 0 unspecified atom stereocenters. The second-order valence-corrected chi connectivity index (χ2v) is 5.03. The van der Waals surface area contributed by atoms with Crippen molar-refractivity contribution in [2.75, 3.05) is 5.32 Å². The van der Waals surface area contributed by atoms with E-state index in [0.29, 0.717) is 16.3 Å². The largest absolute Gasteiger partial charge is 0.478 e. The van der Waals surface area contributed by atoms with Crippen LogP contribution in [0.2, 0.25) is 0 Å². The van der Waals surface area contributed by atoms with E-state index in [2.05, 4.69) is 10.3 Å². The summed E-state index contributed by atoms with van der Waals surface area (Å²) in [5.74, 6) is -0.810. The number of carbonyl (C=O) groups excluding carboxylic acids is 1. The maximum absolute atomic E-state index is 12.0. The first-order valence-electron chi connectivity index (χ1n) is 5.78. The molecule has 0 spiro atoms. The van der Waals surface area contributed by atoms with Crippen LogP contribution in [0.25, 0.3) is 6.08 Å². The first kappa shape index (κ1) is 14.0. The molecule has 0 fully saturated rings. The molecule has 0 aliphatic carbocycles.